The van der Waals surface area contributed by atoms with Crippen LogP contribution in [0.3, 0.4) is 0 Å². The van der Waals surface area contributed by atoms with E-state index in [1.54, 1.807) is 11.2 Å². The van der Waals surface area contributed by atoms with Crippen LogP contribution in [0.1, 0.15) is 35.8 Å². The Morgan fingerprint density at radius 1 is 1.15 bits per heavy atom. The average Bonchev–Trinajstić information content (AvgIpc) is 3.15. The van der Waals surface area contributed by atoms with Gasteiger partial charge >= 0.3 is 0 Å². The number of hydrogen-bond acceptors (Lipinski definition) is 5. The van der Waals surface area contributed by atoms with E-state index in [4.69, 9.17) is 0 Å². The van der Waals surface area contributed by atoms with E-state index >= 15 is 0 Å². The van der Waals surface area contributed by atoms with Crippen molar-refractivity contribution in [1.29, 1.82) is 0 Å². The molecule has 1 aromatic carbocycles. The van der Waals surface area contributed by atoms with Crippen LogP contribution in [0.4, 0.5) is 11.5 Å². The molecule has 0 fully saturated rings. The predicted molar refractivity (Wildman–Crippen MR) is 104 cm³/mol. The van der Waals surface area contributed by atoms with Crippen molar-refractivity contribution in [3.8, 4) is 11.5 Å². The highest BCUT2D eigenvalue weighted by Crippen LogP contribution is 2.28. The first-order valence-corrected chi connectivity index (χ1v) is 9.06. The molecule has 138 valence electrons. The number of rotatable bonds is 4. The minimum atomic E-state index is 0.0371. The fraction of sp³-hybridized carbons (Fsp3) is 0.300. The van der Waals surface area contributed by atoms with Crippen LogP contribution in [0.25, 0.3) is 11.5 Å². The Labute approximate surface area is 158 Å². The van der Waals surface area contributed by atoms with Crippen molar-refractivity contribution in [2.75, 3.05) is 18.9 Å². The van der Waals surface area contributed by atoms with Crippen molar-refractivity contribution < 1.29 is 4.79 Å². The minimum absolute atomic E-state index is 0.0371. The molecule has 1 N–H and O–H groups in total. The Balaban J connectivity index is 1.69. The largest absolute Gasteiger partial charge is 0.341 e. The second kappa shape index (κ2) is 6.83. The van der Waals surface area contributed by atoms with Gasteiger partial charge in [-0.1, -0.05) is 18.2 Å². The number of carbonyl (C=O) groups excluding carboxylic acids is 1. The lowest BCUT2D eigenvalue weighted by atomic mass is 9.97. The number of nitrogens with one attached hydrogen (secondary N) is 1. The van der Waals surface area contributed by atoms with Crippen molar-refractivity contribution in [3.05, 3.63) is 53.9 Å². The monoisotopic (exact) mass is 362 g/mol. The number of nitrogens with zero attached hydrogens (tertiary/aromatic N) is 5. The lowest BCUT2D eigenvalue weighted by Gasteiger charge is -2.26. The standard InChI is InChI=1S/C20H22N6O/c1-13(2)26-12-21-24-19(26)16-8-5-9-17(23-16)22-15-7-4-6-14-10-11-25(3)20(27)18(14)15/h4-9,12-13H,10-11H2,1-3H3,(H,22,23). The molecule has 4 rings (SSSR count). The number of benzene rings is 1. The molecule has 0 atom stereocenters. The SMILES string of the molecule is CC(C)n1cnnc1-c1cccc(Nc2cccc3c2C(=O)N(C)CC3)n1. The van der Waals surface area contributed by atoms with Gasteiger partial charge in [0.05, 0.1) is 11.3 Å². The zero-order valence-electron chi connectivity index (χ0n) is 15.7. The molecule has 0 spiro atoms. The molecule has 0 bridgehead atoms. The topological polar surface area (TPSA) is 75.9 Å². The zero-order valence-corrected chi connectivity index (χ0v) is 15.7. The van der Waals surface area contributed by atoms with Crippen molar-refractivity contribution >= 4 is 17.4 Å². The van der Waals surface area contributed by atoms with E-state index < -0.39 is 0 Å². The van der Waals surface area contributed by atoms with Crippen LogP contribution in [0.5, 0.6) is 0 Å². The van der Waals surface area contributed by atoms with E-state index in [0.29, 0.717) is 5.82 Å². The molecule has 0 saturated heterocycles. The predicted octanol–water partition coefficient (Wildman–Crippen LogP) is 3.29. The molecule has 1 aliphatic rings. The third-order valence-corrected chi connectivity index (χ3v) is 4.80. The van der Waals surface area contributed by atoms with Crippen molar-refractivity contribution in [1.82, 2.24) is 24.6 Å². The van der Waals surface area contributed by atoms with Crippen molar-refractivity contribution in [2.45, 2.75) is 26.3 Å². The van der Waals surface area contributed by atoms with E-state index in [2.05, 4.69) is 34.3 Å². The highest BCUT2D eigenvalue weighted by molar-refractivity contribution is 6.02. The van der Waals surface area contributed by atoms with Crippen LogP contribution in [-0.2, 0) is 6.42 Å². The zero-order chi connectivity index (χ0) is 19.0. The van der Waals surface area contributed by atoms with Gasteiger partial charge in [-0.2, -0.15) is 0 Å². The Hall–Kier alpha value is -3.22. The van der Waals surface area contributed by atoms with Crippen molar-refractivity contribution in [2.24, 2.45) is 0 Å². The van der Waals surface area contributed by atoms with Gasteiger partial charge in [-0.15, -0.1) is 10.2 Å². The van der Waals surface area contributed by atoms with E-state index in [1.165, 1.54) is 0 Å². The molecule has 0 radical (unpaired) electrons. The first-order valence-electron chi connectivity index (χ1n) is 9.06. The summed E-state index contributed by atoms with van der Waals surface area (Å²) in [5.74, 6) is 1.43. The summed E-state index contributed by atoms with van der Waals surface area (Å²) in [6.45, 7) is 4.90. The van der Waals surface area contributed by atoms with Crippen LogP contribution in [0, 0.1) is 0 Å². The van der Waals surface area contributed by atoms with Crippen LogP contribution >= 0.6 is 0 Å². The summed E-state index contributed by atoms with van der Waals surface area (Å²) in [4.78, 5) is 19.1. The molecule has 7 heteroatoms. The number of carbonyl (C=O) groups is 1. The van der Waals surface area contributed by atoms with Crippen LogP contribution < -0.4 is 5.32 Å². The number of aromatic nitrogens is 4. The summed E-state index contributed by atoms with van der Waals surface area (Å²) >= 11 is 0. The maximum atomic E-state index is 12.6. The second-order valence-corrected chi connectivity index (χ2v) is 7.01. The minimum Gasteiger partial charge on any atom is -0.341 e. The molecule has 2 aromatic heterocycles. The number of amides is 1. The van der Waals surface area contributed by atoms with Crippen molar-refractivity contribution in [3.63, 3.8) is 0 Å². The molecule has 3 heterocycles. The number of hydrogen-bond donors (Lipinski definition) is 1. The lowest BCUT2D eigenvalue weighted by Crippen LogP contribution is -2.34. The summed E-state index contributed by atoms with van der Waals surface area (Å²) in [7, 11) is 1.83. The van der Waals surface area contributed by atoms with Crippen LogP contribution in [0.2, 0.25) is 0 Å². The lowest BCUT2D eigenvalue weighted by molar-refractivity contribution is 0.0782. The average molecular weight is 362 g/mol. The maximum absolute atomic E-state index is 12.6. The van der Waals surface area contributed by atoms with Gasteiger partial charge in [0.1, 0.15) is 17.8 Å². The third-order valence-electron chi connectivity index (χ3n) is 4.80. The fourth-order valence-corrected chi connectivity index (χ4v) is 3.32. The first-order chi connectivity index (χ1) is 13.0. The second-order valence-electron chi connectivity index (χ2n) is 7.01. The van der Waals surface area contributed by atoms with Gasteiger partial charge in [0.15, 0.2) is 5.82 Å². The van der Waals surface area contributed by atoms with E-state index in [1.807, 2.05) is 48.0 Å². The van der Waals surface area contributed by atoms with Gasteiger partial charge in [-0.25, -0.2) is 4.98 Å². The van der Waals surface area contributed by atoms with Gasteiger partial charge in [-0.3, -0.25) is 4.79 Å². The summed E-state index contributed by atoms with van der Waals surface area (Å²) < 4.78 is 1.98. The molecule has 3 aromatic rings. The maximum Gasteiger partial charge on any atom is 0.255 e. The van der Waals surface area contributed by atoms with E-state index in [0.717, 1.165) is 41.3 Å². The van der Waals surface area contributed by atoms with Crippen LogP contribution in [-0.4, -0.2) is 44.1 Å². The third kappa shape index (κ3) is 3.16. The molecule has 0 saturated carbocycles. The van der Waals surface area contributed by atoms with Gasteiger partial charge in [0.2, 0.25) is 0 Å². The Kier molecular flexibility index (Phi) is 4.35. The Morgan fingerprint density at radius 3 is 2.78 bits per heavy atom. The quantitative estimate of drug-likeness (QED) is 0.771. The fourth-order valence-electron chi connectivity index (χ4n) is 3.32. The number of anilines is 2. The highest BCUT2D eigenvalue weighted by Gasteiger charge is 2.24. The molecule has 0 unspecified atom stereocenters. The van der Waals surface area contributed by atoms with Gasteiger partial charge in [0.25, 0.3) is 5.91 Å². The summed E-state index contributed by atoms with van der Waals surface area (Å²) in [5.41, 5.74) is 3.31. The highest BCUT2D eigenvalue weighted by atomic mass is 16.2. The molecule has 7 nitrogen and oxygen atoms in total. The molecule has 0 aliphatic carbocycles. The molecular formula is C20H22N6O. The number of fused-ring (bicyclic) bond motifs is 1. The normalized spacial score (nSPS) is 13.8. The van der Waals surface area contributed by atoms with E-state index in [-0.39, 0.29) is 11.9 Å². The smallest absolute Gasteiger partial charge is 0.255 e. The summed E-state index contributed by atoms with van der Waals surface area (Å²) in [6.07, 6.45) is 2.57. The summed E-state index contributed by atoms with van der Waals surface area (Å²) in [5, 5.41) is 11.5. The Morgan fingerprint density at radius 2 is 1.96 bits per heavy atom. The number of pyridine rings is 1. The molecule has 1 amide bonds. The molecule has 27 heavy (non-hydrogen) atoms. The molecule has 1 aliphatic heterocycles. The van der Waals surface area contributed by atoms with E-state index in [9.17, 15) is 4.79 Å². The summed E-state index contributed by atoms with van der Waals surface area (Å²) in [6, 6.07) is 11.9. The Bertz CT molecular complexity index is 994. The first kappa shape index (κ1) is 17.2. The van der Waals surface area contributed by atoms with Gasteiger partial charge in [0, 0.05) is 19.6 Å². The molecular weight excluding hydrogens is 340 g/mol. The van der Waals surface area contributed by atoms with Gasteiger partial charge in [-0.05, 0) is 44.0 Å². The van der Waals surface area contributed by atoms with Gasteiger partial charge < -0.3 is 14.8 Å². The van der Waals surface area contributed by atoms with Crippen LogP contribution in [0.15, 0.2) is 42.7 Å². The number of likely N-dealkylation sites (N-methyl/N-ethyl adjacent to an activating group) is 1.